The van der Waals surface area contributed by atoms with E-state index in [4.69, 9.17) is 4.42 Å². The molecule has 4 aromatic rings. The Bertz CT molecular complexity index is 1450. The molecule has 1 saturated heterocycles. The van der Waals surface area contributed by atoms with Gasteiger partial charge in [-0.1, -0.05) is 30.3 Å². The van der Waals surface area contributed by atoms with Crippen LogP contribution in [0.4, 0.5) is 11.4 Å². The molecule has 0 saturated carbocycles. The first-order chi connectivity index (χ1) is 18.1. The van der Waals surface area contributed by atoms with Gasteiger partial charge in [-0.15, -0.1) is 11.3 Å². The number of hydrogen-bond donors (Lipinski definition) is 1. The molecule has 1 unspecified atom stereocenters. The summed E-state index contributed by atoms with van der Waals surface area (Å²) in [6.07, 6.45) is 7.03. The fourth-order valence-corrected chi connectivity index (χ4v) is 5.88. The van der Waals surface area contributed by atoms with Gasteiger partial charge in [-0.3, -0.25) is 14.6 Å². The lowest BCUT2D eigenvalue weighted by Gasteiger charge is -2.31. The zero-order valence-electron chi connectivity index (χ0n) is 20.0. The van der Waals surface area contributed by atoms with Crippen molar-refractivity contribution >= 4 is 40.7 Å². The molecule has 186 valence electrons. The minimum absolute atomic E-state index is 0.0536. The summed E-state index contributed by atoms with van der Waals surface area (Å²) in [7, 11) is 0. The lowest BCUT2D eigenvalue weighted by atomic mass is 9.94. The molecule has 2 aromatic heterocycles. The number of para-hydroxylation sites is 1. The van der Waals surface area contributed by atoms with Crippen molar-refractivity contribution in [2.24, 2.45) is 4.99 Å². The number of piperidine rings is 1. The number of hydrogen-bond acceptors (Lipinski definition) is 7. The van der Waals surface area contributed by atoms with E-state index in [0.717, 1.165) is 34.7 Å². The van der Waals surface area contributed by atoms with Crippen molar-refractivity contribution in [2.45, 2.75) is 31.1 Å². The summed E-state index contributed by atoms with van der Waals surface area (Å²) < 4.78 is 5.34. The van der Waals surface area contributed by atoms with Crippen molar-refractivity contribution in [1.29, 1.82) is 0 Å². The van der Waals surface area contributed by atoms with Gasteiger partial charge in [-0.05, 0) is 36.6 Å². The molecule has 0 aliphatic carbocycles. The number of rotatable bonds is 6. The number of fused-ring (bicyclic) bond motifs is 1. The molecule has 4 heterocycles. The fraction of sp³-hybridized carbons (Fsp3) is 0.250. The number of oxazole rings is 1. The number of thiazole rings is 1. The zero-order chi connectivity index (χ0) is 25.2. The Morgan fingerprint density at radius 1 is 1.11 bits per heavy atom. The van der Waals surface area contributed by atoms with Crippen LogP contribution in [0.1, 0.15) is 52.2 Å². The van der Waals surface area contributed by atoms with Gasteiger partial charge in [0.15, 0.2) is 12.2 Å². The molecule has 8 nitrogen and oxygen atoms in total. The predicted molar refractivity (Wildman–Crippen MR) is 143 cm³/mol. The third kappa shape index (κ3) is 4.95. The number of benzene rings is 2. The molecular weight excluding hydrogens is 486 g/mol. The van der Waals surface area contributed by atoms with E-state index in [2.05, 4.69) is 26.3 Å². The molecule has 2 aliphatic rings. The largest absolute Gasteiger partial charge is 0.444 e. The Morgan fingerprint density at radius 3 is 2.81 bits per heavy atom. The average molecular weight is 512 g/mol. The van der Waals surface area contributed by atoms with Gasteiger partial charge in [0.25, 0.3) is 5.91 Å². The van der Waals surface area contributed by atoms with Gasteiger partial charge in [0, 0.05) is 54.2 Å². The third-order valence-electron chi connectivity index (χ3n) is 6.91. The van der Waals surface area contributed by atoms with Crippen LogP contribution < -0.4 is 5.32 Å². The number of likely N-dealkylation sites (tertiary alicyclic amines) is 1. The van der Waals surface area contributed by atoms with Crippen molar-refractivity contribution in [3.63, 3.8) is 0 Å². The van der Waals surface area contributed by atoms with Gasteiger partial charge >= 0.3 is 0 Å². The Hall–Kier alpha value is -4.11. The number of anilines is 1. The quantitative estimate of drug-likeness (QED) is 0.361. The van der Waals surface area contributed by atoms with E-state index in [1.54, 1.807) is 11.6 Å². The monoisotopic (exact) mass is 511 g/mol. The van der Waals surface area contributed by atoms with Gasteiger partial charge in [0.1, 0.15) is 5.69 Å². The molecule has 2 aromatic carbocycles. The number of nitrogens with zero attached hydrogens (tertiary/aromatic N) is 4. The summed E-state index contributed by atoms with van der Waals surface area (Å²) in [5.41, 5.74) is 3.99. The molecule has 0 spiro atoms. The van der Waals surface area contributed by atoms with E-state index in [9.17, 15) is 9.59 Å². The van der Waals surface area contributed by atoms with Crippen LogP contribution in [0.15, 0.2) is 75.9 Å². The van der Waals surface area contributed by atoms with Crippen LogP contribution in [0.5, 0.6) is 0 Å². The summed E-state index contributed by atoms with van der Waals surface area (Å²) in [6, 6.07) is 15.4. The second kappa shape index (κ2) is 10.1. The molecule has 0 bridgehead atoms. The molecule has 37 heavy (non-hydrogen) atoms. The van der Waals surface area contributed by atoms with Crippen molar-refractivity contribution in [3.8, 4) is 11.3 Å². The van der Waals surface area contributed by atoms with Gasteiger partial charge < -0.3 is 14.6 Å². The van der Waals surface area contributed by atoms with E-state index >= 15 is 0 Å². The van der Waals surface area contributed by atoms with Crippen LogP contribution in [-0.2, 0) is 4.79 Å². The topological polar surface area (TPSA) is 101 Å². The molecule has 1 N–H and O–H groups in total. The molecule has 9 heteroatoms. The van der Waals surface area contributed by atoms with Crippen LogP contribution >= 0.6 is 11.3 Å². The number of nitrogens with one attached hydrogen (secondary N) is 1. The van der Waals surface area contributed by atoms with Crippen molar-refractivity contribution in [3.05, 3.63) is 82.8 Å². The average Bonchev–Trinajstić information content (AvgIpc) is 3.71. The highest BCUT2D eigenvalue weighted by atomic mass is 32.1. The van der Waals surface area contributed by atoms with Crippen LogP contribution in [0.3, 0.4) is 0 Å². The molecule has 1 atom stereocenters. The maximum absolute atomic E-state index is 13.0. The van der Waals surface area contributed by atoms with Gasteiger partial charge in [-0.25, -0.2) is 9.97 Å². The van der Waals surface area contributed by atoms with E-state index < -0.39 is 0 Å². The minimum atomic E-state index is -0.247. The van der Waals surface area contributed by atoms with Crippen molar-refractivity contribution in [2.75, 3.05) is 18.4 Å². The van der Waals surface area contributed by atoms with E-state index in [1.807, 2.05) is 53.6 Å². The molecule has 2 amide bonds. The standard InChI is InChI=1S/C28H25N5O3S/c34-26(13-20-14-30-23-7-2-1-6-22(20)23)33-10-8-18(9-11-33)28-32-24(16-37-28)27(35)31-21-5-3-4-19(12-21)25-15-29-17-36-25/h1-7,12,14-18,20H,8-11,13H2,(H,31,35). The second-order valence-electron chi connectivity index (χ2n) is 9.27. The van der Waals surface area contributed by atoms with Crippen molar-refractivity contribution < 1.29 is 14.0 Å². The summed E-state index contributed by atoms with van der Waals surface area (Å²) in [5.74, 6) is 0.858. The van der Waals surface area contributed by atoms with E-state index in [-0.39, 0.29) is 23.7 Å². The van der Waals surface area contributed by atoms with Crippen LogP contribution in [0.25, 0.3) is 11.3 Å². The highest BCUT2D eigenvalue weighted by Crippen LogP contribution is 2.35. The number of amides is 2. The zero-order valence-corrected chi connectivity index (χ0v) is 20.9. The molecule has 2 aliphatic heterocycles. The fourth-order valence-electron chi connectivity index (χ4n) is 4.91. The van der Waals surface area contributed by atoms with Gasteiger partial charge in [-0.2, -0.15) is 0 Å². The normalized spacial score (nSPS) is 17.1. The highest BCUT2D eigenvalue weighted by Gasteiger charge is 2.29. The number of aliphatic imine (C=N–C) groups is 1. The maximum Gasteiger partial charge on any atom is 0.275 e. The van der Waals surface area contributed by atoms with Crippen LogP contribution in [0.2, 0.25) is 0 Å². The molecular formula is C28H25N5O3S. The summed E-state index contributed by atoms with van der Waals surface area (Å²) in [5, 5.41) is 5.67. The summed E-state index contributed by atoms with van der Waals surface area (Å²) in [6.45, 7) is 1.40. The van der Waals surface area contributed by atoms with Crippen LogP contribution in [0, 0.1) is 0 Å². The van der Waals surface area contributed by atoms with Crippen molar-refractivity contribution in [1.82, 2.24) is 14.9 Å². The SMILES string of the molecule is O=C(Nc1cccc(-c2cnco2)c1)c1csc(C2CCN(C(=O)CC3C=Nc4ccccc43)CC2)n1. The smallest absolute Gasteiger partial charge is 0.275 e. The van der Waals surface area contributed by atoms with Crippen LogP contribution in [-0.4, -0.2) is 46.0 Å². The molecule has 1 fully saturated rings. The third-order valence-corrected chi connectivity index (χ3v) is 7.92. The number of carbonyl (C=O) groups excluding carboxylic acids is 2. The lowest BCUT2D eigenvalue weighted by Crippen LogP contribution is -2.38. The Labute approximate surface area is 218 Å². The Kier molecular flexibility index (Phi) is 6.36. The first-order valence-electron chi connectivity index (χ1n) is 12.3. The lowest BCUT2D eigenvalue weighted by molar-refractivity contribution is -0.132. The first kappa shape index (κ1) is 23.3. The molecule has 6 rings (SSSR count). The molecule has 0 radical (unpaired) electrons. The Morgan fingerprint density at radius 2 is 1.97 bits per heavy atom. The summed E-state index contributed by atoms with van der Waals surface area (Å²) in [4.78, 5) is 40.8. The predicted octanol–water partition coefficient (Wildman–Crippen LogP) is 5.65. The number of aromatic nitrogens is 2. The van der Waals surface area contributed by atoms with Gasteiger partial charge in [0.05, 0.1) is 16.9 Å². The number of carbonyl (C=O) groups is 2. The van der Waals surface area contributed by atoms with E-state index in [0.29, 0.717) is 36.7 Å². The highest BCUT2D eigenvalue weighted by molar-refractivity contribution is 7.10. The van der Waals surface area contributed by atoms with Gasteiger partial charge in [0.2, 0.25) is 5.91 Å². The first-order valence-corrected chi connectivity index (χ1v) is 13.2. The minimum Gasteiger partial charge on any atom is -0.444 e. The summed E-state index contributed by atoms with van der Waals surface area (Å²) >= 11 is 1.51. The maximum atomic E-state index is 13.0. The second-order valence-corrected chi connectivity index (χ2v) is 10.2. The Balaban J connectivity index is 1.03. The van der Waals surface area contributed by atoms with E-state index in [1.165, 1.54) is 17.7 Å².